The van der Waals surface area contributed by atoms with E-state index in [2.05, 4.69) is 61.4 Å². The molecular weight excluding hydrogens is 312 g/mol. The number of benzene rings is 1. The van der Waals surface area contributed by atoms with Crippen molar-refractivity contribution >= 4 is 5.96 Å². The van der Waals surface area contributed by atoms with Crippen molar-refractivity contribution in [2.24, 2.45) is 10.9 Å². The van der Waals surface area contributed by atoms with Gasteiger partial charge in [-0.1, -0.05) is 25.1 Å². The van der Waals surface area contributed by atoms with E-state index < -0.39 is 0 Å². The molecule has 138 valence electrons. The first-order valence-electron chi connectivity index (χ1n) is 9.54. The highest BCUT2D eigenvalue weighted by atomic mass is 16.5. The Kier molecular flexibility index (Phi) is 5.97. The maximum Gasteiger partial charge on any atom is 0.191 e. The Hall–Kier alpha value is -1.59. The van der Waals surface area contributed by atoms with E-state index in [4.69, 9.17) is 9.73 Å². The van der Waals surface area contributed by atoms with Crippen LogP contribution in [0.5, 0.6) is 0 Å². The zero-order chi connectivity index (χ0) is 17.8. The summed E-state index contributed by atoms with van der Waals surface area (Å²) >= 11 is 0. The standard InChI is InChI=1S/C20H32N4O/c1-5-21-20(23-19-11-24(14(2)3)10-15(19)4)22-9-16-6-7-17-12-25-13-18(17)8-16/h6-8,14-15,19H,5,9-13H2,1-4H3,(H2,21,22,23). The van der Waals surface area contributed by atoms with E-state index in [9.17, 15) is 0 Å². The van der Waals surface area contributed by atoms with Gasteiger partial charge < -0.3 is 15.4 Å². The lowest BCUT2D eigenvalue weighted by molar-refractivity contribution is 0.134. The number of hydrogen-bond donors (Lipinski definition) is 2. The Balaban J connectivity index is 1.63. The third-order valence-corrected chi connectivity index (χ3v) is 5.24. The third-order valence-electron chi connectivity index (χ3n) is 5.24. The summed E-state index contributed by atoms with van der Waals surface area (Å²) in [6.45, 7) is 14.3. The molecule has 2 aliphatic heterocycles. The van der Waals surface area contributed by atoms with E-state index in [0.717, 1.165) is 38.8 Å². The van der Waals surface area contributed by atoms with Crippen molar-refractivity contribution in [1.29, 1.82) is 0 Å². The fourth-order valence-corrected chi connectivity index (χ4v) is 3.60. The van der Waals surface area contributed by atoms with Gasteiger partial charge in [0.15, 0.2) is 5.96 Å². The van der Waals surface area contributed by atoms with Crippen LogP contribution in [0.4, 0.5) is 0 Å². The monoisotopic (exact) mass is 344 g/mol. The molecule has 5 heteroatoms. The van der Waals surface area contributed by atoms with Crippen LogP contribution in [0.1, 0.15) is 44.4 Å². The molecule has 2 heterocycles. The van der Waals surface area contributed by atoms with Gasteiger partial charge in [-0.2, -0.15) is 0 Å². The van der Waals surface area contributed by atoms with Crippen molar-refractivity contribution in [3.05, 3.63) is 34.9 Å². The second-order valence-corrected chi connectivity index (χ2v) is 7.57. The summed E-state index contributed by atoms with van der Waals surface area (Å²) in [5.74, 6) is 1.55. The van der Waals surface area contributed by atoms with Crippen LogP contribution in [0.3, 0.4) is 0 Å². The SMILES string of the molecule is CCNC(=NCc1ccc2c(c1)COC2)NC1CN(C(C)C)CC1C. The van der Waals surface area contributed by atoms with Crippen LogP contribution >= 0.6 is 0 Å². The lowest BCUT2D eigenvalue weighted by atomic mass is 10.1. The van der Waals surface area contributed by atoms with E-state index in [0.29, 0.717) is 24.5 Å². The first-order chi connectivity index (χ1) is 12.1. The van der Waals surface area contributed by atoms with Gasteiger partial charge in [-0.05, 0) is 43.4 Å². The minimum Gasteiger partial charge on any atom is -0.372 e. The average molecular weight is 345 g/mol. The Morgan fingerprint density at radius 2 is 2.08 bits per heavy atom. The molecule has 0 bridgehead atoms. The van der Waals surface area contributed by atoms with Crippen molar-refractivity contribution in [2.75, 3.05) is 19.6 Å². The van der Waals surface area contributed by atoms with Gasteiger partial charge in [-0.25, -0.2) is 4.99 Å². The highest BCUT2D eigenvalue weighted by Crippen LogP contribution is 2.21. The van der Waals surface area contributed by atoms with E-state index in [1.807, 2.05) is 0 Å². The molecule has 2 aliphatic rings. The highest BCUT2D eigenvalue weighted by molar-refractivity contribution is 5.80. The topological polar surface area (TPSA) is 48.9 Å². The fraction of sp³-hybridized carbons (Fsp3) is 0.650. The summed E-state index contributed by atoms with van der Waals surface area (Å²) in [6.07, 6.45) is 0. The molecule has 0 aromatic heterocycles. The fourth-order valence-electron chi connectivity index (χ4n) is 3.60. The molecule has 25 heavy (non-hydrogen) atoms. The molecule has 1 saturated heterocycles. The van der Waals surface area contributed by atoms with Gasteiger partial charge in [0.2, 0.25) is 0 Å². The zero-order valence-electron chi connectivity index (χ0n) is 16.0. The number of nitrogens with one attached hydrogen (secondary N) is 2. The molecule has 0 radical (unpaired) electrons. The van der Waals surface area contributed by atoms with Crippen LogP contribution in [0.25, 0.3) is 0 Å². The third kappa shape index (κ3) is 4.53. The smallest absolute Gasteiger partial charge is 0.191 e. The first kappa shape index (κ1) is 18.2. The summed E-state index contributed by atoms with van der Waals surface area (Å²) in [7, 11) is 0. The lowest BCUT2D eigenvalue weighted by Crippen LogP contribution is -2.46. The number of hydrogen-bond acceptors (Lipinski definition) is 3. The Labute approximate surface area is 151 Å². The van der Waals surface area contributed by atoms with Crippen molar-refractivity contribution in [3.63, 3.8) is 0 Å². The largest absolute Gasteiger partial charge is 0.372 e. The van der Waals surface area contributed by atoms with Gasteiger partial charge in [0.05, 0.1) is 19.8 Å². The van der Waals surface area contributed by atoms with Crippen molar-refractivity contribution in [3.8, 4) is 0 Å². The number of aliphatic imine (C=N–C) groups is 1. The van der Waals surface area contributed by atoms with Crippen LogP contribution in [-0.4, -0.2) is 42.6 Å². The van der Waals surface area contributed by atoms with Gasteiger partial charge in [0, 0.05) is 31.7 Å². The lowest BCUT2D eigenvalue weighted by Gasteiger charge is -2.22. The minimum absolute atomic E-state index is 0.452. The Bertz CT molecular complexity index is 614. The molecule has 1 fully saturated rings. The molecule has 2 N–H and O–H groups in total. The molecular formula is C20H32N4O. The average Bonchev–Trinajstić information content (AvgIpc) is 3.19. The Morgan fingerprint density at radius 1 is 1.28 bits per heavy atom. The van der Waals surface area contributed by atoms with Crippen LogP contribution in [0.2, 0.25) is 0 Å². The molecule has 0 saturated carbocycles. The number of likely N-dealkylation sites (tertiary alicyclic amines) is 1. The quantitative estimate of drug-likeness (QED) is 0.636. The van der Waals surface area contributed by atoms with Crippen LogP contribution in [0, 0.1) is 5.92 Å². The van der Waals surface area contributed by atoms with Gasteiger partial charge in [0.25, 0.3) is 0 Å². The summed E-state index contributed by atoms with van der Waals surface area (Å²) in [5, 5.41) is 7.04. The van der Waals surface area contributed by atoms with Crippen LogP contribution in [-0.2, 0) is 24.5 Å². The molecule has 2 atom stereocenters. The summed E-state index contributed by atoms with van der Waals surface area (Å²) in [5.41, 5.74) is 3.86. The zero-order valence-corrected chi connectivity index (χ0v) is 16.0. The van der Waals surface area contributed by atoms with Crippen molar-refractivity contribution in [1.82, 2.24) is 15.5 Å². The van der Waals surface area contributed by atoms with Crippen LogP contribution < -0.4 is 10.6 Å². The number of fused-ring (bicyclic) bond motifs is 1. The van der Waals surface area contributed by atoms with E-state index in [1.165, 1.54) is 16.7 Å². The summed E-state index contributed by atoms with van der Waals surface area (Å²) in [6, 6.07) is 7.62. The van der Waals surface area contributed by atoms with E-state index in [1.54, 1.807) is 0 Å². The predicted octanol–water partition coefficient (Wildman–Crippen LogP) is 2.50. The maximum atomic E-state index is 5.50. The molecule has 1 aromatic carbocycles. The van der Waals surface area contributed by atoms with Gasteiger partial charge in [-0.3, -0.25) is 4.90 Å². The minimum atomic E-state index is 0.452. The first-order valence-corrected chi connectivity index (χ1v) is 9.54. The van der Waals surface area contributed by atoms with Gasteiger partial charge in [-0.15, -0.1) is 0 Å². The van der Waals surface area contributed by atoms with Gasteiger partial charge >= 0.3 is 0 Å². The molecule has 1 aromatic rings. The number of nitrogens with zero attached hydrogens (tertiary/aromatic N) is 2. The van der Waals surface area contributed by atoms with Crippen LogP contribution in [0.15, 0.2) is 23.2 Å². The van der Waals surface area contributed by atoms with E-state index in [-0.39, 0.29) is 0 Å². The summed E-state index contributed by atoms with van der Waals surface area (Å²) < 4.78 is 5.50. The van der Waals surface area contributed by atoms with Gasteiger partial charge in [0.1, 0.15) is 0 Å². The molecule has 2 unspecified atom stereocenters. The Morgan fingerprint density at radius 3 is 2.80 bits per heavy atom. The molecule has 0 amide bonds. The molecule has 3 rings (SSSR count). The number of guanidine groups is 1. The number of ether oxygens (including phenoxy) is 1. The van der Waals surface area contributed by atoms with E-state index >= 15 is 0 Å². The molecule has 0 spiro atoms. The maximum absolute atomic E-state index is 5.50. The predicted molar refractivity (Wildman–Crippen MR) is 103 cm³/mol. The number of rotatable bonds is 5. The normalized spacial score (nSPS) is 24.0. The molecule has 5 nitrogen and oxygen atoms in total. The second-order valence-electron chi connectivity index (χ2n) is 7.57. The highest BCUT2D eigenvalue weighted by Gasteiger charge is 2.31. The van der Waals surface area contributed by atoms with Crippen molar-refractivity contribution in [2.45, 2.75) is 59.5 Å². The second kappa shape index (κ2) is 8.19. The molecule has 0 aliphatic carbocycles. The van der Waals surface area contributed by atoms with Crippen molar-refractivity contribution < 1.29 is 4.74 Å². The summed E-state index contributed by atoms with van der Waals surface area (Å²) in [4.78, 5) is 7.35.